The van der Waals surface area contributed by atoms with E-state index in [0.29, 0.717) is 51.7 Å². The summed E-state index contributed by atoms with van der Waals surface area (Å²) in [6, 6.07) is 0. The lowest BCUT2D eigenvalue weighted by atomic mass is 10.1. The van der Waals surface area contributed by atoms with Crippen LogP contribution in [0.1, 0.15) is 27.2 Å². The minimum absolute atomic E-state index is 0.459. The van der Waals surface area contributed by atoms with Gasteiger partial charge < -0.3 is 5.11 Å². The Bertz CT molecular complexity index is 425. The number of piperazine rings is 1. The van der Waals surface area contributed by atoms with E-state index in [9.17, 15) is 13.5 Å². The summed E-state index contributed by atoms with van der Waals surface area (Å²) in [5.74, 6) is 0.459. The highest BCUT2D eigenvalue weighted by Crippen LogP contribution is 2.22. The third-order valence-corrected chi connectivity index (χ3v) is 5.98. The van der Waals surface area contributed by atoms with Crippen LogP contribution < -0.4 is 0 Å². The molecule has 2 aliphatic rings. The van der Waals surface area contributed by atoms with Crippen LogP contribution in [0.2, 0.25) is 0 Å². The number of nitrogens with zero attached hydrogens (tertiary/aromatic N) is 3. The van der Waals surface area contributed by atoms with Crippen molar-refractivity contribution in [2.75, 3.05) is 45.8 Å². The maximum absolute atomic E-state index is 12.5. The highest BCUT2D eigenvalue weighted by Gasteiger charge is 2.36. The lowest BCUT2D eigenvalue weighted by Gasteiger charge is -2.37. The number of hydrogen-bond donors (Lipinski definition) is 1. The third kappa shape index (κ3) is 3.92. The zero-order valence-electron chi connectivity index (χ0n) is 12.7. The Morgan fingerprint density at radius 2 is 1.70 bits per heavy atom. The van der Waals surface area contributed by atoms with Crippen molar-refractivity contribution in [1.29, 1.82) is 0 Å². The van der Waals surface area contributed by atoms with E-state index >= 15 is 0 Å². The minimum Gasteiger partial charge on any atom is -0.389 e. The first-order valence-electron chi connectivity index (χ1n) is 7.38. The van der Waals surface area contributed by atoms with Crippen LogP contribution in [0.3, 0.4) is 0 Å². The second kappa shape index (κ2) is 5.88. The molecule has 2 heterocycles. The smallest absolute Gasteiger partial charge is 0.282 e. The molecule has 2 fully saturated rings. The van der Waals surface area contributed by atoms with E-state index < -0.39 is 15.8 Å². The van der Waals surface area contributed by atoms with E-state index in [1.54, 1.807) is 22.5 Å². The summed E-state index contributed by atoms with van der Waals surface area (Å²) in [7, 11) is -3.28. The van der Waals surface area contributed by atoms with Crippen molar-refractivity contribution >= 4 is 10.2 Å². The van der Waals surface area contributed by atoms with Crippen LogP contribution in [-0.2, 0) is 10.2 Å². The predicted molar refractivity (Wildman–Crippen MR) is 78.6 cm³/mol. The Kier molecular flexibility index (Phi) is 4.76. The molecule has 0 spiro atoms. The van der Waals surface area contributed by atoms with Gasteiger partial charge >= 0.3 is 0 Å². The Morgan fingerprint density at radius 1 is 1.10 bits per heavy atom. The van der Waals surface area contributed by atoms with Crippen molar-refractivity contribution < 1.29 is 13.5 Å². The van der Waals surface area contributed by atoms with Gasteiger partial charge in [0.1, 0.15) is 0 Å². The summed E-state index contributed by atoms with van der Waals surface area (Å²) in [6.07, 6.45) is 0.956. The molecule has 1 N–H and O–H groups in total. The molecular formula is C13H27N3O3S. The zero-order valence-corrected chi connectivity index (χ0v) is 13.6. The topological polar surface area (TPSA) is 64.1 Å². The predicted octanol–water partition coefficient (Wildman–Crippen LogP) is -0.0385. The summed E-state index contributed by atoms with van der Waals surface area (Å²) in [5.41, 5.74) is -0.731. The maximum Gasteiger partial charge on any atom is 0.282 e. The van der Waals surface area contributed by atoms with Crippen LogP contribution in [0.15, 0.2) is 0 Å². The van der Waals surface area contributed by atoms with Crippen LogP contribution in [0.4, 0.5) is 0 Å². The van der Waals surface area contributed by atoms with Gasteiger partial charge in [-0.05, 0) is 26.2 Å². The molecule has 0 saturated carbocycles. The molecule has 0 aromatic rings. The van der Waals surface area contributed by atoms with Crippen LogP contribution >= 0.6 is 0 Å². The molecule has 1 atom stereocenters. The molecule has 0 aromatic carbocycles. The first-order valence-corrected chi connectivity index (χ1v) is 8.78. The van der Waals surface area contributed by atoms with Crippen molar-refractivity contribution in [2.24, 2.45) is 5.92 Å². The van der Waals surface area contributed by atoms with E-state index in [0.717, 1.165) is 6.42 Å². The van der Waals surface area contributed by atoms with Gasteiger partial charge in [0, 0.05) is 45.8 Å². The summed E-state index contributed by atoms with van der Waals surface area (Å²) >= 11 is 0. The molecule has 2 saturated heterocycles. The largest absolute Gasteiger partial charge is 0.389 e. The number of hydrogen-bond acceptors (Lipinski definition) is 4. The fourth-order valence-electron chi connectivity index (χ4n) is 2.93. The molecule has 6 nitrogen and oxygen atoms in total. The zero-order chi connectivity index (χ0) is 15.0. The Balaban J connectivity index is 1.90. The first kappa shape index (κ1) is 16.2. The van der Waals surface area contributed by atoms with E-state index in [-0.39, 0.29) is 0 Å². The van der Waals surface area contributed by atoms with Gasteiger partial charge in [-0.15, -0.1) is 0 Å². The van der Waals surface area contributed by atoms with E-state index in [4.69, 9.17) is 0 Å². The molecule has 118 valence electrons. The van der Waals surface area contributed by atoms with Gasteiger partial charge in [0.25, 0.3) is 10.2 Å². The maximum atomic E-state index is 12.5. The fraction of sp³-hybridized carbons (Fsp3) is 1.00. The summed E-state index contributed by atoms with van der Waals surface area (Å²) < 4.78 is 28.2. The highest BCUT2D eigenvalue weighted by atomic mass is 32.2. The molecule has 1 unspecified atom stereocenters. The highest BCUT2D eigenvalue weighted by molar-refractivity contribution is 7.86. The number of rotatable bonds is 4. The summed E-state index contributed by atoms with van der Waals surface area (Å²) in [4.78, 5) is 2.12. The molecule has 0 aromatic heterocycles. The number of β-amino-alcohol motifs (C(OH)–C–C–N with tert-alkyl or cyclic N) is 1. The van der Waals surface area contributed by atoms with Gasteiger partial charge in [-0.1, -0.05) is 6.92 Å². The molecule has 0 aliphatic carbocycles. The van der Waals surface area contributed by atoms with Crippen LogP contribution in [-0.4, -0.2) is 78.4 Å². The average Bonchev–Trinajstić information content (AvgIpc) is 2.75. The van der Waals surface area contributed by atoms with Gasteiger partial charge in [0.05, 0.1) is 5.60 Å². The lowest BCUT2D eigenvalue weighted by molar-refractivity contribution is 0.0259. The Hall–Kier alpha value is -0.210. The van der Waals surface area contributed by atoms with Crippen molar-refractivity contribution in [1.82, 2.24) is 13.5 Å². The lowest BCUT2D eigenvalue weighted by Crippen LogP contribution is -2.54. The van der Waals surface area contributed by atoms with Gasteiger partial charge in [-0.2, -0.15) is 17.0 Å². The SMILES string of the molecule is CC1CCN(S(=O)(=O)N2CCN(CC(C)(C)O)CC2)C1. The van der Waals surface area contributed by atoms with Gasteiger partial charge in [0.2, 0.25) is 0 Å². The van der Waals surface area contributed by atoms with Crippen molar-refractivity contribution in [2.45, 2.75) is 32.8 Å². The van der Waals surface area contributed by atoms with Crippen LogP contribution in [0, 0.1) is 5.92 Å². The fourth-order valence-corrected chi connectivity index (χ4v) is 4.66. The van der Waals surface area contributed by atoms with E-state index in [1.165, 1.54) is 0 Å². The summed E-state index contributed by atoms with van der Waals surface area (Å²) in [6.45, 7) is 9.94. The molecular weight excluding hydrogens is 278 g/mol. The number of aliphatic hydroxyl groups is 1. The second-order valence-corrected chi connectivity index (χ2v) is 8.68. The third-order valence-electron chi connectivity index (χ3n) is 3.98. The molecule has 0 bridgehead atoms. The average molecular weight is 305 g/mol. The van der Waals surface area contributed by atoms with Gasteiger partial charge in [0.15, 0.2) is 0 Å². The molecule has 20 heavy (non-hydrogen) atoms. The van der Waals surface area contributed by atoms with Crippen molar-refractivity contribution in [3.8, 4) is 0 Å². The van der Waals surface area contributed by atoms with Crippen molar-refractivity contribution in [3.63, 3.8) is 0 Å². The molecule has 2 aliphatic heterocycles. The Labute approximate surface area is 122 Å². The van der Waals surface area contributed by atoms with Gasteiger partial charge in [-0.3, -0.25) is 4.90 Å². The molecule has 7 heteroatoms. The van der Waals surface area contributed by atoms with Gasteiger partial charge in [-0.25, -0.2) is 0 Å². The van der Waals surface area contributed by atoms with E-state index in [1.807, 2.05) is 0 Å². The minimum atomic E-state index is -3.28. The molecule has 2 rings (SSSR count). The molecule has 0 radical (unpaired) electrons. The van der Waals surface area contributed by atoms with Crippen LogP contribution in [0.25, 0.3) is 0 Å². The normalized spacial score (nSPS) is 28.1. The van der Waals surface area contributed by atoms with Crippen molar-refractivity contribution in [3.05, 3.63) is 0 Å². The Morgan fingerprint density at radius 3 is 2.15 bits per heavy atom. The van der Waals surface area contributed by atoms with E-state index in [2.05, 4.69) is 11.8 Å². The first-order chi connectivity index (χ1) is 9.18. The monoisotopic (exact) mass is 305 g/mol. The summed E-state index contributed by atoms with van der Waals surface area (Å²) in [5, 5.41) is 9.82. The molecule has 0 amide bonds. The quantitative estimate of drug-likeness (QED) is 0.792. The standard InChI is InChI=1S/C13H27N3O3S/c1-12-4-5-16(10-12)20(18,19)15-8-6-14(7-9-15)11-13(2,3)17/h12,17H,4-11H2,1-3H3. The second-order valence-electron chi connectivity index (χ2n) is 6.75. The van der Waals surface area contributed by atoms with Crippen LogP contribution in [0.5, 0.6) is 0 Å².